The second kappa shape index (κ2) is 14.6. The van der Waals surface area contributed by atoms with Gasteiger partial charge in [-0.3, -0.25) is 0 Å². The Labute approximate surface area is 367 Å². The Bertz CT molecular complexity index is 3520. The first-order valence-corrected chi connectivity index (χ1v) is 21.8. The second-order valence-corrected chi connectivity index (χ2v) is 17.3. The van der Waals surface area contributed by atoms with Crippen molar-refractivity contribution in [2.45, 2.75) is 19.3 Å². The molecule has 1 aromatic heterocycles. The van der Waals surface area contributed by atoms with Crippen LogP contribution in [0.3, 0.4) is 0 Å². The lowest BCUT2D eigenvalue weighted by Crippen LogP contribution is -2.18. The first-order chi connectivity index (χ1) is 31.0. The van der Waals surface area contributed by atoms with Gasteiger partial charge < -0.3 is 0 Å². The van der Waals surface area contributed by atoms with E-state index in [1.807, 2.05) is 0 Å². The standard InChI is InChI=1S/C61H42N2/c1-61(2)56-53-32-14-12-30-51(53)50-29-11-13-31-52(50)55(56)59-57(61)58(62-60(63-59)54-33-17-23-41-22-9-10-28-49(41)54)45-27-16-25-43(35-45)42-24-15-26-44(34-42)48-37-46(39-18-5-3-6-19-39)36-47(38-48)40-20-7-4-8-21-40/h3-38H,1-2H3. The van der Waals surface area contributed by atoms with Crippen molar-refractivity contribution in [1.29, 1.82) is 0 Å². The molecule has 0 saturated carbocycles. The average Bonchev–Trinajstić information content (AvgIpc) is 3.60. The molecule has 0 fully saturated rings. The first kappa shape index (κ1) is 36.9. The Kier molecular flexibility index (Phi) is 8.55. The topological polar surface area (TPSA) is 25.8 Å². The van der Waals surface area contributed by atoms with Crippen LogP contribution in [0.2, 0.25) is 0 Å². The van der Waals surface area contributed by atoms with Gasteiger partial charge in [-0.1, -0.05) is 202 Å². The fraction of sp³-hybridized carbons (Fsp3) is 0.0492. The maximum atomic E-state index is 5.64. The van der Waals surface area contributed by atoms with Crippen LogP contribution >= 0.6 is 0 Å². The second-order valence-electron chi connectivity index (χ2n) is 17.3. The van der Waals surface area contributed by atoms with Crippen LogP contribution in [0.4, 0.5) is 0 Å². The Morgan fingerprint density at radius 2 is 0.714 bits per heavy atom. The minimum Gasteiger partial charge on any atom is -0.228 e. The summed E-state index contributed by atoms with van der Waals surface area (Å²) in [6.07, 6.45) is 0. The number of hydrogen-bond donors (Lipinski definition) is 0. The molecule has 0 N–H and O–H groups in total. The van der Waals surface area contributed by atoms with Gasteiger partial charge in [0.05, 0.1) is 11.4 Å². The van der Waals surface area contributed by atoms with Crippen molar-refractivity contribution < 1.29 is 0 Å². The molecule has 0 spiro atoms. The maximum Gasteiger partial charge on any atom is 0.161 e. The van der Waals surface area contributed by atoms with E-state index in [0.717, 1.165) is 44.9 Å². The van der Waals surface area contributed by atoms with E-state index in [1.165, 1.54) is 77.0 Å². The lowest BCUT2D eigenvalue weighted by Gasteiger charge is -2.25. The molecule has 0 saturated heterocycles. The maximum absolute atomic E-state index is 5.64. The molecule has 1 aliphatic rings. The number of hydrogen-bond acceptors (Lipinski definition) is 2. The molecule has 1 heterocycles. The summed E-state index contributed by atoms with van der Waals surface area (Å²) in [4.78, 5) is 11.3. The SMILES string of the molecule is CC1(C)c2c(-c3cccc(-c4cccc(-c5cc(-c6ccccc6)cc(-c6ccccc6)c5)c4)c3)nc(-c3cccc4ccccc34)nc2-c2c1c1ccccc1c1ccccc21. The molecule has 63 heavy (non-hydrogen) atoms. The molecule has 2 heteroatoms. The zero-order valence-electron chi connectivity index (χ0n) is 35.2. The molecule has 0 amide bonds. The zero-order chi connectivity index (χ0) is 42.1. The van der Waals surface area contributed by atoms with Gasteiger partial charge in [0, 0.05) is 27.7 Å². The Morgan fingerprint density at radius 1 is 0.302 bits per heavy atom. The third-order valence-electron chi connectivity index (χ3n) is 13.2. The summed E-state index contributed by atoms with van der Waals surface area (Å²) in [6.45, 7) is 4.73. The van der Waals surface area contributed by atoms with Gasteiger partial charge in [0.25, 0.3) is 0 Å². The van der Waals surface area contributed by atoms with Crippen molar-refractivity contribution in [3.05, 3.63) is 230 Å². The first-order valence-electron chi connectivity index (χ1n) is 21.8. The normalized spacial score (nSPS) is 12.7. The third kappa shape index (κ3) is 6.09. The van der Waals surface area contributed by atoms with Gasteiger partial charge in [0.15, 0.2) is 5.82 Å². The minimum atomic E-state index is -0.392. The highest BCUT2D eigenvalue weighted by Gasteiger charge is 2.42. The van der Waals surface area contributed by atoms with E-state index < -0.39 is 5.41 Å². The quantitative estimate of drug-likeness (QED) is 0.157. The number of nitrogens with zero attached hydrogens (tertiary/aromatic N) is 2. The van der Waals surface area contributed by atoms with Gasteiger partial charge in [0.2, 0.25) is 0 Å². The molecule has 10 aromatic carbocycles. The van der Waals surface area contributed by atoms with Crippen LogP contribution in [0.1, 0.15) is 25.0 Å². The molecule has 0 atom stereocenters. The molecular weight excluding hydrogens is 761 g/mol. The molecule has 2 nitrogen and oxygen atoms in total. The molecule has 0 radical (unpaired) electrons. The summed E-state index contributed by atoms with van der Waals surface area (Å²) in [6, 6.07) is 79.0. The Hall–Kier alpha value is -7.94. The van der Waals surface area contributed by atoms with E-state index in [4.69, 9.17) is 9.97 Å². The average molecular weight is 803 g/mol. The molecular formula is C61H42N2. The monoisotopic (exact) mass is 802 g/mol. The number of rotatable bonds is 6. The fourth-order valence-corrected chi connectivity index (χ4v) is 10.3. The fourth-order valence-electron chi connectivity index (χ4n) is 10.3. The molecule has 0 unspecified atom stereocenters. The van der Waals surface area contributed by atoms with Crippen molar-refractivity contribution in [2.75, 3.05) is 0 Å². The van der Waals surface area contributed by atoms with Gasteiger partial charge in [-0.2, -0.15) is 0 Å². The van der Waals surface area contributed by atoms with E-state index in [0.29, 0.717) is 0 Å². The smallest absolute Gasteiger partial charge is 0.161 e. The van der Waals surface area contributed by atoms with Gasteiger partial charge in [0.1, 0.15) is 0 Å². The summed E-state index contributed by atoms with van der Waals surface area (Å²) in [7, 11) is 0. The van der Waals surface area contributed by atoms with Crippen LogP contribution in [-0.2, 0) is 5.41 Å². The Morgan fingerprint density at radius 3 is 1.37 bits per heavy atom. The highest BCUT2D eigenvalue weighted by Crippen LogP contribution is 2.56. The number of fused-ring (bicyclic) bond motifs is 9. The van der Waals surface area contributed by atoms with Crippen LogP contribution in [0.5, 0.6) is 0 Å². The van der Waals surface area contributed by atoms with Crippen molar-refractivity contribution in [2.24, 2.45) is 0 Å². The van der Waals surface area contributed by atoms with E-state index in [2.05, 4.69) is 232 Å². The van der Waals surface area contributed by atoms with Crippen LogP contribution in [0.15, 0.2) is 218 Å². The van der Waals surface area contributed by atoms with Crippen molar-refractivity contribution >= 4 is 32.3 Å². The molecule has 0 aliphatic heterocycles. The van der Waals surface area contributed by atoms with Crippen LogP contribution in [0, 0.1) is 0 Å². The molecule has 0 bridgehead atoms. The van der Waals surface area contributed by atoms with E-state index in [1.54, 1.807) is 0 Å². The van der Waals surface area contributed by atoms with E-state index in [9.17, 15) is 0 Å². The molecule has 11 aromatic rings. The minimum absolute atomic E-state index is 0.392. The van der Waals surface area contributed by atoms with Crippen molar-refractivity contribution in [1.82, 2.24) is 9.97 Å². The summed E-state index contributed by atoms with van der Waals surface area (Å²) < 4.78 is 0. The van der Waals surface area contributed by atoms with Crippen molar-refractivity contribution in [3.63, 3.8) is 0 Å². The Balaban J connectivity index is 1.06. The van der Waals surface area contributed by atoms with Crippen LogP contribution < -0.4 is 0 Å². The van der Waals surface area contributed by atoms with E-state index in [-0.39, 0.29) is 0 Å². The van der Waals surface area contributed by atoms with Crippen LogP contribution in [0.25, 0.3) is 111 Å². The zero-order valence-corrected chi connectivity index (χ0v) is 35.2. The lowest BCUT2D eigenvalue weighted by atomic mass is 9.78. The summed E-state index contributed by atoms with van der Waals surface area (Å²) in [5, 5.41) is 7.32. The number of aromatic nitrogens is 2. The van der Waals surface area contributed by atoms with Gasteiger partial charge in [-0.05, 0) is 113 Å². The molecule has 12 rings (SSSR count). The van der Waals surface area contributed by atoms with Crippen LogP contribution in [-0.4, -0.2) is 9.97 Å². The van der Waals surface area contributed by atoms with Crippen molar-refractivity contribution in [3.8, 4) is 78.4 Å². The predicted octanol–water partition coefficient (Wildman–Crippen LogP) is 16.2. The van der Waals surface area contributed by atoms with E-state index >= 15 is 0 Å². The summed E-state index contributed by atoms with van der Waals surface area (Å²) in [5.41, 5.74) is 16.8. The molecule has 296 valence electrons. The lowest BCUT2D eigenvalue weighted by molar-refractivity contribution is 0.664. The summed E-state index contributed by atoms with van der Waals surface area (Å²) >= 11 is 0. The van der Waals surface area contributed by atoms with Gasteiger partial charge >= 0.3 is 0 Å². The molecule has 1 aliphatic carbocycles. The predicted molar refractivity (Wildman–Crippen MR) is 265 cm³/mol. The number of benzene rings is 10. The highest BCUT2D eigenvalue weighted by atomic mass is 14.9. The third-order valence-corrected chi connectivity index (χ3v) is 13.2. The van der Waals surface area contributed by atoms with Gasteiger partial charge in [-0.25, -0.2) is 9.97 Å². The summed E-state index contributed by atoms with van der Waals surface area (Å²) in [5.74, 6) is 0.737. The van der Waals surface area contributed by atoms with Gasteiger partial charge in [-0.15, -0.1) is 0 Å². The highest BCUT2D eigenvalue weighted by molar-refractivity contribution is 6.18. The largest absolute Gasteiger partial charge is 0.228 e.